The lowest BCUT2D eigenvalue weighted by molar-refractivity contribution is -0.216. The molecule has 5 atom stereocenters. The lowest BCUT2D eigenvalue weighted by Crippen LogP contribution is -2.68. The fraction of sp³-hybridized carbons (Fsp3) is 0.289. The zero-order chi connectivity index (χ0) is 32.6. The van der Waals surface area contributed by atoms with Crippen LogP contribution < -0.4 is 10.4 Å². The van der Waals surface area contributed by atoms with Gasteiger partial charge >= 0.3 is 5.97 Å². The summed E-state index contributed by atoms with van der Waals surface area (Å²) in [6.07, 6.45) is -2.11. The Morgan fingerprint density at radius 2 is 1.37 bits per heavy atom. The highest BCUT2D eigenvalue weighted by Crippen LogP contribution is 2.39. The molecule has 0 radical (unpaired) electrons. The maximum absolute atomic E-state index is 13.5. The summed E-state index contributed by atoms with van der Waals surface area (Å²) in [6, 6.07) is 39.3. The summed E-state index contributed by atoms with van der Waals surface area (Å²) in [5, 5.41) is 13.6. The van der Waals surface area contributed by atoms with Gasteiger partial charge in [0.2, 0.25) is 0 Å². The van der Waals surface area contributed by atoms with Crippen LogP contribution in [-0.4, -0.2) is 62.5 Å². The number of ether oxygens (including phenoxy) is 3. The van der Waals surface area contributed by atoms with Crippen molar-refractivity contribution in [1.29, 1.82) is 0 Å². The van der Waals surface area contributed by atoms with Crippen LogP contribution in [0.4, 0.5) is 0 Å². The molecule has 0 aliphatic carbocycles. The van der Waals surface area contributed by atoms with E-state index in [1.807, 2.05) is 72.8 Å². The average molecular weight is 655 g/mol. The maximum Gasteiger partial charge on any atom is 0.338 e. The molecule has 46 heavy (non-hydrogen) atoms. The molecule has 0 spiro atoms. The lowest BCUT2D eigenvalue weighted by atomic mass is 9.99. The van der Waals surface area contributed by atoms with Crippen LogP contribution in [0.15, 0.2) is 139 Å². The Kier molecular flexibility index (Phi) is 11.3. The Hall–Kier alpha value is -3.50. The van der Waals surface area contributed by atoms with E-state index in [0.29, 0.717) is 5.56 Å². The van der Waals surface area contributed by atoms with E-state index in [-0.39, 0.29) is 18.3 Å². The number of aliphatic hydroxyl groups excluding tert-OH is 1. The standard InChI is InChI=1S/C38H42O6SSi/c1-5-26-41-35-33(39)37(45-29-20-12-7-13-21-29)43-32(34(35)44-36(40)28-18-10-6-11-19-28)27-42-46(38(2,3)4,30-22-14-8-15-23-30)31-24-16-9-17-25-31/h5-25,32-35,37,39H,1,26-27H2,2-4H3/t32-,33-,34+,35-,37+/m1/s1. The Morgan fingerprint density at radius 3 is 1.89 bits per heavy atom. The second-order valence-electron chi connectivity index (χ2n) is 12.3. The topological polar surface area (TPSA) is 74.2 Å². The van der Waals surface area contributed by atoms with Gasteiger partial charge in [0.15, 0.2) is 6.10 Å². The molecule has 1 fully saturated rings. The minimum absolute atomic E-state index is 0.104. The molecule has 240 valence electrons. The number of carbonyl (C=O) groups excluding carboxylic acids is 1. The van der Waals surface area contributed by atoms with Crippen LogP contribution in [-0.2, 0) is 18.6 Å². The number of esters is 1. The van der Waals surface area contributed by atoms with E-state index >= 15 is 0 Å². The third-order valence-electron chi connectivity index (χ3n) is 8.15. The predicted molar refractivity (Wildman–Crippen MR) is 186 cm³/mol. The van der Waals surface area contributed by atoms with Gasteiger partial charge in [-0.05, 0) is 39.7 Å². The molecule has 8 heteroatoms. The van der Waals surface area contributed by atoms with Crippen LogP contribution in [0.5, 0.6) is 0 Å². The molecule has 0 amide bonds. The summed E-state index contributed by atoms with van der Waals surface area (Å²) in [5.41, 5.74) is -0.316. The number of rotatable bonds is 12. The molecule has 1 heterocycles. The fourth-order valence-electron chi connectivity index (χ4n) is 6.01. The van der Waals surface area contributed by atoms with E-state index in [4.69, 9.17) is 18.6 Å². The van der Waals surface area contributed by atoms with Gasteiger partial charge in [0.25, 0.3) is 8.32 Å². The highest BCUT2D eigenvalue weighted by molar-refractivity contribution is 7.99. The van der Waals surface area contributed by atoms with E-state index in [2.05, 4.69) is 51.6 Å². The van der Waals surface area contributed by atoms with E-state index in [1.54, 1.807) is 30.3 Å². The number of hydrogen-bond donors (Lipinski definition) is 1. The van der Waals surface area contributed by atoms with Gasteiger partial charge in [-0.1, -0.05) is 136 Å². The first-order chi connectivity index (χ1) is 22.2. The van der Waals surface area contributed by atoms with Gasteiger partial charge in [0.05, 0.1) is 18.8 Å². The van der Waals surface area contributed by atoms with E-state index in [9.17, 15) is 9.90 Å². The molecular formula is C38H42O6SSi. The van der Waals surface area contributed by atoms with Crippen LogP contribution in [0, 0.1) is 0 Å². The van der Waals surface area contributed by atoms with Crippen molar-refractivity contribution < 1.29 is 28.5 Å². The maximum atomic E-state index is 13.5. The third kappa shape index (κ3) is 7.55. The number of benzene rings is 4. The molecule has 6 nitrogen and oxygen atoms in total. The summed E-state index contributed by atoms with van der Waals surface area (Å²) in [7, 11) is -2.97. The van der Waals surface area contributed by atoms with Crippen LogP contribution >= 0.6 is 11.8 Å². The molecular weight excluding hydrogens is 613 g/mol. The molecule has 1 N–H and O–H groups in total. The van der Waals surface area contributed by atoms with Crippen molar-refractivity contribution in [2.24, 2.45) is 0 Å². The van der Waals surface area contributed by atoms with Crippen molar-refractivity contribution in [3.05, 3.63) is 140 Å². The molecule has 1 aliphatic rings. The van der Waals surface area contributed by atoms with Gasteiger partial charge in [-0.3, -0.25) is 0 Å². The first-order valence-electron chi connectivity index (χ1n) is 15.5. The fourth-order valence-corrected chi connectivity index (χ4v) is 11.7. The summed E-state index contributed by atoms with van der Waals surface area (Å²) in [5.74, 6) is -0.529. The highest BCUT2D eigenvalue weighted by Gasteiger charge is 2.53. The Labute approximate surface area is 277 Å². The molecule has 5 rings (SSSR count). The second kappa shape index (κ2) is 15.4. The quantitative estimate of drug-likeness (QED) is 0.110. The van der Waals surface area contributed by atoms with Crippen LogP contribution in [0.25, 0.3) is 0 Å². The zero-order valence-corrected chi connectivity index (χ0v) is 28.3. The molecule has 0 bridgehead atoms. The van der Waals surface area contributed by atoms with Gasteiger partial charge in [0.1, 0.15) is 23.7 Å². The van der Waals surface area contributed by atoms with Crippen molar-refractivity contribution in [3.8, 4) is 0 Å². The SMILES string of the molecule is C=CCO[C@@H]1[C@@H](O)[C@H](Sc2ccccc2)O[C@H](CO[Si](c2ccccc2)(c2ccccc2)C(C)(C)C)[C@@H]1OC(=O)c1ccccc1. The zero-order valence-electron chi connectivity index (χ0n) is 26.5. The van der Waals surface area contributed by atoms with Gasteiger partial charge in [0, 0.05) is 4.90 Å². The summed E-state index contributed by atoms with van der Waals surface area (Å²) >= 11 is 1.40. The van der Waals surface area contributed by atoms with Crippen LogP contribution in [0.1, 0.15) is 31.1 Å². The molecule has 0 aromatic heterocycles. The first-order valence-corrected chi connectivity index (χ1v) is 18.3. The van der Waals surface area contributed by atoms with Crippen LogP contribution in [0.2, 0.25) is 5.04 Å². The van der Waals surface area contributed by atoms with E-state index in [1.165, 1.54) is 11.8 Å². The van der Waals surface area contributed by atoms with Crippen LogP contribution in [0.3, 0.4) is 0 Å². The molecule has 0 unspecified atom stereocenters. The van der Waals surface area contributed by atoms with Crippen molar-refractivity contribution in [1.82, 2.24) is 0 Å². The highest BCUT2D eigenvalue weighted by atomic mass is 32.2. The Balaban J connectivity index is 1.56. The average Bonchev–Trinajstić information content (AvgIpc) is 3.07. The van der Waals surface area contributed by atoms with Crippen molar-refractivity contribution in [2.45, 2.75) is 60.6 Å². The number of aliphatic hydroxyl groups is 1. The van der Waals surface area contributed by atoms with Crippen molar-refractivity contribution >= 4 is 36.4 Å². The normalized spacial score (nSPS) is 21.8. The van der Waals surface area contributed by atoms with Gasteiger partial charge in [-0.15, -0.1) is 6.58 Å². The first kappa shape index (κ1) is 33.8. The summed E-state index contributed by atoms with van der Waals surface area (Å²) < 4.78 is 26.3. The molecule has 4 aromatic carbocycles. The number of hydrogen-bond acceptors (Lipinski definition) is 7. The third-order valence-corrected chi connectivity index (χ3v) is 14.3. The summed E-state index contributed by atoms with van der Waals surface area (Å²) in [6.45, 7) is 10.7. The minimum Gasteiger partial charge on any atom is -0.453 e. The predicted octanol–water partition coefficient (Wildman–Crippen LogP) is 6.24. The van der Waals surface area contributed by atoms with Crippen molar-refractivity contribution in [3.63, 3.8) is 0 Å². The minimum atomic E-state index is -2.97. The smallest absolute Gasteiger partial charge is 0.338 e. The summed E-state index contributed by atoms with van der Waals surface area (Å²) in [4.78, 5) is 14.4. The van der Waals surface area contributed by atoms with E-state index < -0.39 is 44.1 Å². The molecule has 1 aliphatic heterocycles. The van der Waals surface area contributed by atoms with E-state index in [0.717, 1.165) is 15.3 Å². The second-order valence-corrected chi connectivity index (χ2v) is 17.7. The van der Waals surface area contributed by atoms with Gasteiger partial charge in [-0.2, -0.15) is 0 Å². The molecule has 1 saturated heterocycles. The lowest BCUT2D eigenvalue weighted by Gasteiger charge is -2.47. The van der Waals surface area contributed by atoms with Gasteiger partial charge in [-0.25, -0.2) is 4.79 Å². The number of carbonyl (C=O) groups is 1. The monoisotopic (exact) mass is 654 g/mol. The Morgan fingerprint density at radius 1 is 0.848 bits per heavy atom. The van der Waals surface area contributed by atoms with Gasteiger partial charge < -0.3 is 23.7 Å². The Bertz CT molecular complexity index is 1490. The molecule has 0 saturated carbocycles. The molecule has 4 aromatic rings. The van der Waals surface area contributed by atoms with Crippen molar-refractivity contribution in [2.75, 3.05) is 13.2 Å². The largest absolute Gasteiger partial charge is 0.453 e. The number of thioether (sulfide) groups is 1.